The van der Waals surface area contributed by atoms with Crippen molar-refractivity contribution in [3.05, 3.63) is 23.6 Å². The molecule has 1 aliphatic heterocycles. The van der Waals surface area contributed by atoms with Crippen LogP contribution in [-0.4, -0.2) is 36.8 Å². The average Bonchev–Trinajstić information content (AvgIpc) is 2.88. The Labute approximate surface area is 120 Å². The Hall–Kier alpha value is -1.20. The topological polar surface area (TPSA) is 37.4 Å². The van der Waals surface area contributed by atoms with E-state index in [-0.39, 0.29) is 11.4 Å². The fourth-order valence-corrected chi connectivity index (χ4v) is 2.28. The van der Waals surface area contributed by atoms with Gasteiger partial charge in [0.1, 0.15) is 11.6 Å². The average molecular weight is 281 g/mol. The molecular formula is C15H24FN3O. The minimum absolute atomic E-state index is 0.0152. The van der Waals surface area contributed by atoms with E-state index >= 15 is 0 Å². The molecule has 2 rings (SSSR count). The van der Waals surface area contributed by atoms with E-state index in [0.29, 0.717) is 19.2 Å². The van der Waals surface area contributed by atoms with Crippen molar-refractivity contribution in [1.82, 2.24) is 10.3 Å². The van der Waals surface area contributed by atoms with Crippen LogP contribution < -0.4 is 10.2 Å². The molecule has 1 saturated heterocycles. The highest BCUT2D eigenvalue weighted by molar-refractivity contribution is 5.47. The summed E-state index contributed by atoms with van der Waals surface area (Å²) in [5.41, 5.74) is 0.868. The second-order valence-corrected chi connectivity index (χ2v) is 6.37. The second kappa shape index (κ2) is 6.06. The Balaban J connectivity index is 2.18. The standard InChI is InChI=1S/C15H24FN3O/c1-15(2,3)18-8-11-7-12(16)9-17-14(11)19(4)13-5-6-20-10-13/h7,9,13,18H,5-6,8,10H2,1-4H3. The van der Waals surface area contributed by atoms with E-state index in [1.165, 1.54) is 6.20 Å². The summed E-state index contributed by atoms with van der Waals surface area (Å²) in [5.74, 6) is 0.536. The minimum Gasteiger partial charge on any atom is -0.379 e. The first-order valence-electron chi connectivity index (χ1n) is 7.07. The van der Waals surface area contributed by atoms with E-state index < -0.39 is 0 Å². The summed E-state index contributed by atoms with van der Waals surface area (Å²) >= 11 is 0. The van der Waals surface area contributed by atoms with Crippen molar-refractivity contribution < 1.29 is 9.13 Å². The smallest absolute Gasteiger partial charge is 0.141 e. The van der Waals surface area contributed by atoms with Gasteiger partial charge < -0.3 is 15.0 Å². The summed E-state index contributed by atoms with van der Waals surface area (Å²) in [4.78, 5) is 6.38. The number of hydrogen-bond acceptors (Lipinski definition) is 4. The number of nitrogens with one attached hydrogen (secondary N) is 1. The van der Waals surface area contributed by atoms with Gasteiger partial charge in [-0.15, -0.1) is 0 Å². The number of ether oxygens (including phenoxy) is 1. The monoisotopic (exact) mass is 281 g/mol. The highest BCUT2D eigenvalue weighted by atomic mass is 19.1. The van der Waals surface area contributed by atoms with Crippen molar-refractivity contribution in [2.24, 2.45) is 0 Å². The van der Waals surface area contributed by atoms with E-state index in [1.807, 2.05) is 7.05 Å². The molecule has 0 radical (unpaired) electrons. The Morgan fingerprint density at radius 2 is 2.25 bits per heavy atom. The first-order chi connectivity index (χ1) is 9.37. The summed E-state index contributed by atoms with van der Waals surface area (Å²) in [7, 11) is 2.00. The number of anilines is 1. The summed E-state index contributed by atoms with van der Waals surface area (Å²) in [6, 6.07) is 1.88. The molecular weight excluding hydrogens is 257 g/mol. The van der Waals surface area contributed by atoms with Gasteiger partial charge in [-0.1, -0.05) is 0 Å². The Morgan fingerprint density at radius 1 is 1.50 bits per heavy atom. The van der Waals surface area contributed by atoms with E-state index in [4.69, 9.17) is 4.74 Å². The molecule has 0 amide bonds. The number of nitrogens with zero attached hydrogens (tertiary/aromatic N) is 2. The van der Waals surface area contributed by atoms with Gasteiger partial charge in [0.25, 0.3) is 0 Å². The maximum absolute atomic E-state index is 13.5. The van der Waals surface area contributed by atoms with Crippen LogP contribution >= 0.6 is 0 Å². The number of halogens is 1. The van der Waals surface area contributed by atoms with Crippen molar-refractivity contribution >= 4 is 5.82 Å². The third kappa shape index (κ3) is 3.90. The van der Waals surface area contributed by atoms with Crippen LogP contribution in [0.25, 0.3) is 0 Å². The normalized spacial score (nSPS) is 19.4. The van der Waals surface area contributed by atoms with Crippen molar-refractivity contribution in [2.75, 3.05) is 25.2 Å². The highest BCUT2D eigenvalue weighted by Crippen LogP contribution is 2.23. The lowest BCUT2D eigenvalue weighted by Gasteiger charge is -2.28. The van der Waals surface area contributed by atoms with Gasteiger partial charge in [-0.3, -0.25) is 0 Å². The zero-order valence-electron chi connectivity index (χ0n) is 12.7. The molecule has 1 atom stereocenters. The van der Waals surface area contributed by atoms with Crippen LogP contribution in [0, 0.1) is 5.82 Å². The number of rotatable bonds is 4. The van der Waals surface area contributed by atoms with Crippen molar-refractivity contribution in [3.63, 3.8) is 0 Å². The molecule has 1 N–H and O–H groups in total. The summed E-state index contributed by atoms with van der Waals surface area (Å²) in [6.45, 7) is 8.37. The molecule has 1 unspecified atom stereocenters. The first-order valence-corrected chi connectivity index (χ1v) is 7.07. The molecule has 2 heterocycles. The predicted molar refractivity (Wildman–Crippen MR) is 78.4 cm³/mol. The van der Waals surface area contributed by atoms with E-state index in [2.05, 4.69) is 36.0 Å². The molecule has 0 aliphatic carbocycles. The second-order valence-electron chi connectivity index (χ2n) is 6.37. The van der Waals surface area contributed by atoms with Crippen LogP contribution in [0.2, 0.25) is 0 Å². The highest BCUT2D eigenvalue weighted by Gasteiger charge is 2.23. The SMILES string of the molecule is CN(c1ncc(F)cc1CNC(C)(C)C)C1CCOC1. The fourth-order valence-electron chi connectivity index (χ4n) is 2.28. The first kappa shape index (κ1) is 15.2. The summed E-state index contributed by atoms with van der Waals surface area (Å²) < 4.78 is 18.9. The lowest BCUT2D eigenvalue weighted by Crippen LogP contribution is -2.37. The molecule has 5 heteroatoms. The Kier molecular flexibility index (Phi) is 4.60. The maximum Gasteiger partial charge on any atom is 0.141 e. The maximum atomic E-state index is 13.5. The quantitative estimate of drug-likeness (QED) is 0.919. The molecule has 1 aromatic rings. The Morgan fingerprint density at radius 3 is 2.85 bits per heavy atom. The lowest BCUT2D eigenvalue weighted by molar-refractivity contribution is 0.193. The minimum atomic E-state index is -0.296. The summed E-state index contributed by atoms with van der Waals surface area (Å²) in [5, 5.41) is 3.39. The molecule has 0 bridgehead atoms. The van der Waals surface area contributed by atoms with Crippen LogP contribution in [0.4, 0.5) is 10.2 Å². The molecule has 0 saturated carbocycles. The molecule has 20 heavy (non-hydrogen) atoms. The van der Waals surface area contributed by atoms with Gasteiger partial charge >= 0.3 is 0 Å². The molecule has 4 nitrogen and oxygen atoms in total. The van der Waals surface area contributed by atoms with Crippen molar-refractivity contribution in [1.29, 1.82) is 0 Å². The van der Waals surface area contributed by atoms with Gasteiger partial charge in [-0.05, 0) is 33.3 Å². The van der Waals surface area contributed by atoms with Gasteiger partial charge in [0.05, 0.1) is 18.8 Å². The predicted octanol–water partition coefficient (Wildman–Crippen LogP) is 2.33. The van der Waals surface area contributed by atoms with Gasteiger partial charge in [-0.2, -0.15) is 0 Å². The number of likely N-dealkylation sites (N-methyl/N-ethyl adjacent to an activating group) is 1. The number of pyridine rings is 1. The third-order valence-electron chi connectivity index (χ3n) is 3.51. The number of hydrogen-bond donors (Lipinski definition) is 1. The largest absolute Gasteiger partial charge is 0.379 e. The summed E-state index contributed by atoms with van der Waals surface area (Å²) in [6.07, 6.45) is 2.27. The number of aromatic nitrogens is 1. The van der Waals surface area contributed by atoms with Crippen LogP contribution in [0.1, 0.15) is 32.8 Å². The van der Waals surface area contributed by atoms with E-state index in [1.54, 1.807) is 6.07 Å². The van der Waals surface area contributed by atoms with Crippen LogP contribution in [-0.2, 0) is 11.3 Å². The van der Waals surface area contributed by atoms with Crippen molar-refractivity contribution in [3.8, 4) is 0 Å². The van der Waals surface area contributed by atoms with Gasteiger partial charge in [0.15, 0.2) is 0 Å². The molecule has 0 aromatic carbocycles. The van der Waals surface area contributed by atoms with E-state index in [9.17, 15) is 4.39 Å². The Bertz CT molecular complexity index is 453. The lowest BCUT2D eigenvalue weighted by atomic mass is 10.1. The van der Waals surface area contributed by atoms with E-state index in [0.717, 1.165) is 24.4 Å². The molecule has 1 fully saturated rings. The zero-order valence-corrected chi connectivity index (χ0v) is 12.7. The van der Waals surface area contributed by atoms with Gasteiger partial charge in [-0.25, -0.2) is 9.37 Å². The molecule has 0 spiro atoms. The molecule has 112 valence electrons. The van der Waals surface area contributed by atoms with Gasteiger partial charge in [0, 0.05) is 31.3 Å². The van der Waals surface area contributed by atoms with Crippen LogP contribution in [0.15, 0.2) is 12.3 Å². The van der Waals surface area contributed by atoms with Gasteiger partial charge in [0.2, 0.25) is 0 Å². The zero-order chi connectivity index (χ0) is 14.8. The van der Waals surface area contributed by atoms with Crippen LogP contribution in [0.3, 0.4) is 0 Å². The third-order valence-corrected chi connectivity index (χ3v) is 3.51. The fraction of sp³-hybridized carbons (Fsp3) is 0.667. The van der Waals surface area contributed by atoms with Crippen LogP contribution in [0.5, 0.6) is 0 Å². The molecule has 1 aromatic heterocycles. The van der Waals surface area contributed by atoms with Crippen molar-refractivity contribution in [2.45, 2.75) is 45.3 Å². The molecule has 1 aliphatic rings.